The number of hydrogen-bond donors (Lipinski definition) is 0. The Bertz CT molecular complexity index is 1070. The maximum Gasteiger partial charge on any atom is 0.206 e. The highest BCUT2D eigenvalue weighted by molar-refractivity contribution is 7.91. The van der Waals surface area contributed by atoms with E-state index < -0.39 is 15.7 Å². The van der Waals surface area contributed by atoms with E-state index in [4.69, 9.17) is 0 Å². The highest BCUT2D eigenvalue weighted by Crippen LogP contribution is 2.30. The molecule has 6 heteroatoms. The summed E-state index contributed by atoms with van der Waals surface area (Å²) < 4.78 is 41.4. The molecule has 0 N–H and O–H groups in total. The zero-order chi connectivity index (χ0) is 19.0. The SMILES string of the molecule is CCN1CCC(n2ccc3cc(S(=O)(=O)c4cccc(F)c4)ccc32)CC1. The molecule has 27 heavy (non-hydrogen) atoms. The molecule has 1 aliphatic rings. The second-order valence-electron chi connectivity index (χ2n) is 7.07. The van der Waals surface area contributed by atoms with Crippen LogP contribution in [0.25, 0.3) is 10.9 Å². The minimum absolute atomic E-state index is 0.0202. The Balaban J connectivity index is 1.67. The molecule has 0 saturated carbocycles. The van der Waals surface area contributed by atoms with Crippen LogP contribution in [0.15, 0.2) is 64.5 Å². The molecular weight excluding hydrogens is 363 g/mol. The molecule has 0 amide bonds. The largest absolute Gasteiger partial charge is 0.344 e. The van der Waals surface area contributed by atoms with E-state index in [0.717, 1.165) is 49.4 Å². The Morgan fingerprint density at radius 3 is 2.48 bits per heavy atom. The molecule has 142 valence electrons. The fourth-order valence-corrected chi connectivity index (χ4v) is 5.24. The van der Waals surface area contributed by atoms with Gasteiger partial charge in [0.15, 0.2) is 0 Å². The molecule has 0 radical (unpaired) electrons. The molecule has 2 heterocycles. The van der Waals surface area contributed by atoms with Gasteiger partial charge in [-0.1, -0.05) is 13.0 Å². The van der Waals surface area contributed by atoms with Crippen molar-refractivity contribution >= 4 is 20.7 Å². The number of hydrogen-bond acceptors (Lipinski definition) is 3. The molecule has 2 aromatic carbocycles. The van der Waals surface area contributed by atoms with E-state index in [9.17, 15) is 12.8 Å². The molecule has 1 aliphatic heterocycles. The maximum atomic E-state index is 13.5. The van der Waals surface area contributed by atoms with Gasteiger partial charge in [-0.25, -0.2) is 12.8 Å². The van der Waals surface area contributed by atoms with Crippen molar-refractivity contribution in [2.45, 2.75) is 35.6 Å². The first-order chi connectivity index (χ1) is 13.0. The van der Waals surface area contributed by atoms with E-state index in [1.54, 1.807) is 12.1 Å². The monoisotopic (exact) mass is 386 g/mol. The summed E-state index contributed by atoms with van der Waals surface area (Å²) in [7, 11) is -3.74. The average Bonchev–Trinajstić information content (AvgIpc) is 3.11. The first kappa shape index (κ1) is 18.2. The van der Waals surface area contributed by atoms with Crippen LogP contribution in [0, 0.1) is 5.82 Å². The predicted octanol–water partition coefficient (Wildman–Crippen LogP) is 4.27. The zero-order valence-corrected chi connectivity index (χ0v) is 16.1. The number of aromatic nitrogens is 1. The standard InChI is InChI=1S/C21H23FN2O2S/c1-2-23-11-9-18(10-12-23)24-13-8-16-14-20(6-7-21(16)24)27(25,26)19-5-3-4-17(22)15-19/h3-8,13-15,18H,2,9-12H2,1H3. The van der Waals surface area contributed by atoms with Crippen molar-refractivity contribution in [3.05, 3.63) is 60.5 Å². The van der Waals surface area contributed by atoms with E-state index in [1.807, 2.05) is 12.1 Å². The van der Waals surface area contributed by atoms with E-state index in [-0.39, 0.29) is 9.79 Å². The number of piperidine rings is 1. The van der Waals surface area contributed by atoms with E-state index in [0.29, 0.717) is 6.04 Å². The van der Waals surface area contributed by atoms with E-state index >= 15 is 0 Å². The molecule has 4 rings (SSSR count). The molecule has 0 bridgehead atoms. The number of nitrogens with zero attached hydrogens (tertiary/aromatic N) is 2. The normalized spacial score (nSPS) is 16.8. The summed E-state index contributed by atoms with van der Waals surface area (Å²) in [6, 6.07) is 12.7. The molecular formula is C21H23FN2O2S. The molecule has 1 saturated heterocycles. The van der Waals surface area contributed by atoms with Gasteiger partial charge in [-0.3, -0.25) is 0 Å². The number of likely N-dealkylation sites (tertiary alicyclic amines) is 1. The van der Waals surface area contributed by atoms with Gasteiger partial charge in [0, 0.05) is 36.2 Å². The Hall–Kier alpha value is -2.18. The van der Waals surface area contributed by atoms with Crippen LogP contribution in [0.1, 0.15) is 25.8 Å². The summed E-state index contributed by atoms with van der Waals surface area (Å²) in [6.07, 6.45) is 4.25. The van der Waals surface area contributed by atoms with Crippen LogP contribution in [0.2, 0.25) is 0 Å². The first-order valence-corrected chi connectivity index (χ1v) is 10.8. The van der Waals surface area contributed by atoms with Gasteiger partial charge < -0.3 is 9.47 Å². The zero-order valence-electron chi connectivity index (χ0n) is 15.3. The lowest BCUT2D eigenvalue weighted by molar-refractivity contribution is 0.197. The fraction of sp³-hybridized carbons (Fsp3) is 0.333. The summed E-state index contributed by atoms with van der Waals surface area (Å²) in [5.41, 5.74) is 1.04. The number of sulfone groups is 1. The minimum atomic E-state index is -3.74. The Morgan fingerprint density at radius 2 is 1.78 bits per heavy atom. The minimum Gasteiger partial charge on any atom is -0.344 e. The predicted molar refractivity (Wildman–Crippen MR) is 104 cm³/mol. The van der Waals surface area contributed by atoms with Crippen molar-refractivity contribution in [1.29, 1.82) is 0 Å². The van der Waals surface area contributed by atoms with Gasteiger partial charge in [0.05, 0.1) is 9.79 Å². The fourth-order valence-electron chi connectivity index (χ4n) is 3.91. The number of fused-ring (bicyclic) bond motifs is 1. The van der Waals surface area contributed by atoms with E-state index in [2.05, 4.69) is 22.6 Å². The Labute approximate surface area is 159 Å². The lowest BCUT2D eigenvalue weighted by Gasteiger charge is -2.32. The molecule has 0 unspecified atom stereocenters. The van der Waals surface area contributed by atoms with Crippen LogP contribution in [0.3, 0.4) is 0 Å². The van der Waals surface area contributed by atoms with Crippen molar-refractivity contribution in [2.75, 3.05) is 19.6 Å². The number of rotatable bonds is 4. The summed E-state index contributed by atoms with van der Waals surface area (Å²) in [4.78, 5) is 2.62. The first-order valence-electron chi connectivity index (χ1n) is 9.32. The molecule has 0 atom stereocenters. The van der Waals surface area contributed by atoms with Crippen molar-refractivity contribution in [2.24, 2.45) is 0 Å². The van der Waals surface area contributed by atoms with Crippen molar-refractivity contribution < 1.29 is 12.8 Å². The van der Waals surface area contributed by atoms with Gasteiger partial charge in [-0.2, -0.15) is 0 Å². The Kier molecular flexibility index (Phi) is 4.78. The summed E-state index contributed by atoms with van der Waals surface area (Å²) in [5, 5.41) is 0.894. The van der Waals surface area contributed by atoms with Crippen molar-refractivity contribution in [3.63, 3.8) is 0 Å². The molecule has 4 nitrogen and oxygen atoms in total. The van der Waals surface area contributed by atoms with E-state index in [1.165, 1.54) is 18.2 Å². The van der Waals surface area contributed by atoms with Gasteiger partial charge in [-0.05, 0) is 61.9 Å². The van der Waals surface area contributed by atoms with Crippen LogP contribution in [-0.2, 0) is 9.84 Å². The van der Waals surface area contributed by atoms with Gasteiger partial charge in [0.2, 0.25) is 9.84 Å². The molecule has 0 aliphatic carbocycles. The molecule has 1 fully saturated rings. The molecule has 3 aromatic rings. The van der Waals surface area contributed by atoms with Crippen molar-refractivity contribution in [1.82, 2.24) is 9.47 Å². The van der Waals surface area contributed by atoms with Gasteiger partial charge in [0.1, 0.15) is 5.82 Å². The third kappa shape index (κ3) is 3.39. The molecule has 1 aromatic heterocycles. The van der Waals surface area contributed by atoms with Crippen molar-refractivity contribution in [3.8, 4) is 0 Å². The highest BCUT2D eigenvalue weighted by Gasteiger charge is 2.22. The van der Waals surface area contributed by atoms with Gasteiger partial charge >= 0.3 is 0 Å². The van der Waals surface area contributed by atoms with Crippen LogP contribution in [0.4, 0.5) is 4.39 Å². The average molecular weight is 386 g/mol. The smallest absolute Gasteiger partial charge is 0.206 e. The molecule has 0 spiro atoms. The second kappa shape index (κ2) is 7.09. The lowest BCUT2D eigenvalue weighted by Crippen LogP contribution is -2.34. The lowest BCUT2D eigenvalue weighted by atomic mass is 10.0. The summed E-state index contributed by atoms with van der Waals surface area (Å²) in [6.45, 7) is 5.45. The topological polar surface area (TPSA) is 42.3 Å². The maximum absolute atomic E-state index is 13.5. The third-order valence-corrected chi connectivity index (χ3v) is 7.26. The summed E-state index contributed by atoms with van der Waals surface area (Å²) >= 11 is 0. The second-order valence-corrected chi connectivity index (χ2v) is 9.02. The quantitative estimate of drug-likeness (QED) is 0.672. The van der Waals surface area contributed by atoms with Gasteiger partial charge in [-0.15, -0.1) is 0 Å². The number of halogens is 1. The van der Waals surface area contributed by atoms with Crippen LogP contribution >= 0.6 is 0 Å². The number of benzene rings is 2. The van der Waals surface area contributed by atoms with Crippen LogP contribution in [0.5, 0.6) is 0 Å². The van der Waals surface area contributed by atoms with Crippen LogP contribution in [-0.4, -0.2) is 37.5 Å². The Morgan fingerprint density at radius 1 is 1.04 bits per heavy atom. The summed E-state index contributed by atoms with van der Waals surface area (Å²) in [5.74, 6) is -0.554. The third-order valence-electron chi connectivity index (χ3n) is 5.51. The highest BCUT2D eigenvalue weighted by atomic mass is 32.2. The van der Waals surface area contributed by atoms with Crippen LogP contribution < -0.4 is 0 Å². The van der Waals surface area contributed by atoms with Gasteiger partial charge in [0.25, 0.3) is 0 Å².